The van der Waals surface area contributed by atoms with Gasteiger partial charge in [0.25, 0.3) is 0 Å². The van der Waals surface area contributed by atoms with Crippen molar-refractivity contribution in [1.82, 2.24) is 0 Å². The molecule has 0 aliphatic heterocycles. The molecule has 0 rings (SSSR count). The van der Waals surface area contributed by atoms with Crippen LogP contribution in [0.3, 0.4) is 0 Å². The highest BCUT2D eigenvalue weighted by molar-refractivity contribution is 7.47. The van der Waals surface area contributed by atoms with Crippen molar-refractivity contribution in [2.45, 2.75) is 386 Å². The molecule has 0 bridgehead atoms. The summed E-state index contributed by atoms with van der Waals surface area (Å²) >= 11 is 0. The summed E-state index contributed by atoms with van der Waals surface area (Å²) in [6.07, 6.45) is 93.5. The first kappa shape index (κ1) is 83.7. The Hall–Kier alpha value is -2.29. The molecule has 0 aromatic rings. The Morgan fingerprint density at radius 3 is 0.953 bits per heavy atom. The van der Waals surface area contributed by atoms with E-state index >= 15 is 0 Å². The number of hydrogen-bond acceptors (Lipinski definition) is 8. The molecule has 0 aliphatic rings. The molecule has 0 aromatic carbocycles. The molecule has 504 valence electrons. The Labute approximate surface area is 533 Å². The highest BCUT2D eigenvalue weighted by atomic mass is 31.2. The van der Waals surface area contributed by atoms with Crippen LogP contribution in [0.25, 0.3) is 0 Å². The van der Waals surface area contributed by atoms with Crippen LogP contribution < -0.4 is 5.73 Å². The zero-order valence-electron chi connectivity index (χ0n) is 56.8. The van der Waals surface area contributed by atoms with Gasteiger partial charge in [-0.25, -0.2) is 4.57 Å². The maximum Gasteiger partial charge on any atom is 0.472 e. The first-order valence-corrected chi connectivity index (χ1v) is 38.8. The molecular formula is C76H142NO8P. The van der Waals surface area contributed by atoms with Gasteiger partial charge in [-0.3, -0.25) is 18.6 Å². The van der Waals surface area contributed by atoms with Crippen molar-refractivity contribution in [3.05, 3.63) is 60.8 Å². The summed E-state index contributed by atoms with van der Waals surface area (Å²) in [6, 6.07) is 0. The van der Waals surface area contributed by atoms with Crippen LogP contribution in [-0.2, 0) is 32.7 Å². The molecule has 0 amide bonds. The molecule has 2 unspecified atom stereocenters. The van der Waals surface area contributed by atoms with Gasteiger partial charge in [0.05, 0.1) is 13.2 Å². The fraction of sp³-hybridized carbons (Fsp3) is 0.842. The fourth-order valence-electron chi connectivity index (χ4n) is 11.2. The number of allylic oxidation sites excluding steroid dienone is 10. The second-order valence-corrected chi connectivity index (χ2v) is 26.6. The van der Waals surface area contributed by atoms with Crippen molar-refractivity contribution in [1.29, 1.82) is 0 Å². The Balaban J connectivity index is 3.79. The predicted molar refractivity (Wildman–Crippen MR) is 372 cm³/mol. The molecule has 0 spiro atoms. The number of hydrogen-bond donors (Lipinski definition) is 2. The van der Waals surface area contributed by atoms with Gasteiger partial charge in [-0.2, -0.15) is 0 Å². The molecule has 0 aliphatic carbocycles. The number of unbranched alkanes of at least 4 members (excludes halogenated alkanes) is 48. The van der Waals surface area contributed by atoms with E-state index in [1.54, 1.807) is 0 Å². The topological polar surface area (TPSA) is 134 Å². The van der Waals surface area contributed by atoms with E-state index < -0.39 is 26.5 Å². The van der Waals surface area contributed by atoms with Crippen molar-refractivity contribution in [3.63, 3.8) is 0 Å². The lowest BCUT2D eigenvalue weighted by Crippen LogP contribution is -2.29. The minimum atomic E-state index is -4.39. The Morgan fingerprint density at radius 2 is 0.640 bits per heavy atom. The number of rotatable bonds is 71. The van der Waals surface area contributed by atoms with Gasteiger partial charge in [0.1, 0.15) is 6.61 Å². The quantitative estimate of drug-likeness (QED) is 0.0264. The average Bonchev–Trinajstić information content (AvgIpc) is 3.55. The van der Waals surface area contributed by atoms with E-state index in [-0.39, 0.29) is 38.6 Å². The summed E-state index contributed by atoms with van der Waals surface area (Å²) in [5.41, 5.74) is 5.41. The Kier molecular flexibility index (Phi) is 69.9. The van der Waals surface area contributed by atoms with Crippen LogP contribution in [0.4, 0.5) is 0 Å². The molecule has 0 heterocycles. The molecule has 0 fully saturated rings. The maximum absolute atomic E-state index is 12.8. The van der Waals surface area contributed by atoms with Crippen molar-refractivity contribution in [3.8, 4) is 0 Å². The van der Waals surface area contributed by atoms with Crippen LogP contribution in [0.5, 0.6) is 0 Å². The lowest BCUT2D eigenvalue weighted by molar-refractivity contribution is -0.161. The van der Waals surface area contributed by atoms with Crippen molar-refractivity contribution < 1.29 is 37.6 Å². The van der Waals surface area contributed by atoms with Gasteiger partial charge in [-0.15, -0.1) is 0 Å². The van der Waals surface area contributed by atoms with Gasteiger partial charge in [-0.05, 0) is 57.8 Å². The molecule has 86 heavy (non-hydrogen) atoms. The van der Waals surface area contributed by atoms with E-state index in [1.807, 2.05) is 0 Å². The summed E-state index contributed by atoms with van der Waals surface area (Å²) in [7, 11) is -4.39. The van der Waals surface area contributed by atoms with Gasteiger partial charge in [0, 0.05) is 19.4 Å². The molecular weight excluding hydrogens is 1090 g/mol. The summed E-state index contributed by atoms with van der Waals surface area (Å²) in [4.78, 5) is 35.4. The zero-order valence-corrected chi connectivity index (χ0v) is 57.7. The van der Waals surface area contributed by atoms with E-state index in [2.05, 4.69) is 74.6 Å². The van der Waals surface area contributed by atoms with E-state index in [0.29, 0.717) is 6.42 Å². The van der Waals surface area contributed by atoms with Crippen LogP contribution in [0.15, 0.2) is 60.8 Å². The number of carbonyl (C=O) groups is 2. The lowest BCUT2D eigenvalue weighted by Gasteiger charge is -2.19. The molecule has 0 saturated heterocycles. The number of phosphoric acid groups is 1. The van der Waals surface area contributed by atoms with Gasteiger partial charge in [0.15, 0.2) is 6.10 Å². The molecule has 0 aromatic heterocycles. The standard InChI is InChI=1S/C76H142NO8P/c1-3-5-7-9-11-13-15-17-19-21-23-25-27-29-31-33-34-35-36-37-38-39-41-42-44-46-48-50-52-54-56-58-60-62-64-66-68-75(78)82-72-74(73-84-86(80,81)83-71-70-77)85-76(79)69-67-65-63-61-59-57-55-53-51-49-47-45-43-40-32-30-28-26-24-22-20-18-16-14-12-10-8-6-4-2/h6,8,12,14,18,20,24,26,30,32,74H,3-5,7,9-11,13,15-17,19,21-23,25,27-29,31,33-73,77H2,1-2H3,(H,80,81)/b8-6-,14-12-,20-18-,26-24-,32-30-. The van der Waals surface area contributed by atoms with Crippen molar-refractivity contribution in [2.75, 3.05) is 26.4 Å². The van der Waals surface area contributed by atoms with Gasteiger partial charge >= 0.3 is 19.8 Å². The van der Waals surface area contributed by atoms with Crippen LogP contribution in [-0.4, -0.2) is 49.3 Å². The van der Waals surface area contributed by atoms with Crippen molar-refractivity contribution in [2.24, 2.45) is 5.73 Å². The van der Waals surface area contributed by atoms with Crippen LogP contribution in [0.2, 0.25) is 0 Å². The number of nitrogens with two attached hydrogens (primary N) is 1. The van der Waals surface area contributed by atoms with Gasteiger partial charge in [0.2, 0.25) is 0 Å². The number of phosphoric ester groups is 1. The third kappa shape index (κ3) is 70.8. The van der Waals surface area contributed by atoms with Crippen molar-refractivity contribution >= 4 is 19.8 Å². The fourth-order valence-corrected chi connectivity index (χ4v) is 12.0. The van der Waals surface area contributed by atoms with E-state index in [0.717, 1.165) is 70.6 Å². The first-order valence-electron chi connectivity index (χ1n) is 37.3. The predicted octanol–water partition coefficient (Wildman–Crippen LogP) is 24.6. The summed E-state index contributed by atoms with van der Waals surface area (Å²) in [6.45, 7) is 3.70. The van der Waals surface area contributed by atoms with E-state index in [4.69, 9.17) is 24.3 Å². The third-order valence-corrected chi connectivity index (χ3v) is 17.7. The molecule has 2 atom stereocenters. The molecule has 0 saturated carbocycles. The second kappa shape index (κ2) is 71.8. The number of carbonyl (C=O) groups excluding carboxylic acids is 2. The zero-order chi connectivity index (χ0) is 62.3. The summed E-state index contributed by atoms with van der Waals surface area (Å²) in [5.74, 6) is -0.811. The van der Waals surface area contributed by atoms with Crippen LogP contribution in [0, 0.1) is 0 Å². The van der Waals surface area contributed by atoms with E-state index in [9.17, 15) is 19.0 Å². The minimum absolute atomic E-state index is 0.0536. The summed E-state index contributed by atoms with van der Waals surface area (Å²) < 4.78 is 33.2. The molecule has 10 heteroatoms. The van der Waals surface area contributed by atoms with Crippen LogP contribution >= 0.6 is 7.82 Å². The highest BCUT2D eigenvalue weighted by Gasteiger charge is 2.26. The second-order valence-electron chi connectivity index (χ2n) is 25.1. The van der Waals surface area contributed by atoms with E-state index in [1.165, 1.54) is 276 Å². The summed E-state index contributed by atoms with van der Waals surface area (Å²) in [5, 5.41) is 0. The largest absolute Gasteiger partial charge is 0.472 e. The monoisotopic (exact) mass is 1230 g/mol. The smallest absolute Gasteiger partial charge is 0.462 e. The molecule has 3 N–H and O–H groups in total. The average molecular weight is 1230 g/mol. The van der Waals surface area contributed by atoms with Gasteiger partial charge < -0.3 is 20.1 Å². The maximum atomic E-state index is 12.8. The number of ether oxygens (including phenoxy) is 2. The Morgan fingerprint density at radius 1 is 0.360 bits per heavy atom. The van der Waals surface area contributed by atoms with Gasteiger partial charge in [-0.1, -0.05) is 370 Å². The lowest BCUT2D eigenvalue weighted by atomic mass is 10.0. The third-order valence-electron chi connectivity index (χ3n) is 16.7. The first-order chi connectivity index (χ1) is 42.3. The minimum Gasteiger partial charge on any atom is -0.462 e. The SMILES string of the molecule is CC/C=C\C/C=C\C/C=C\C/C=C\C/C=C\CCCCCCCCCCCCCCCC(=O)OC(COC(=O)CCCCCCCCCCCCCCCCCCCCCCCCCCCCCCCCCCCCCC)COP(=O)(O)OCCN. The number of esters is 2. The normalized spacial score (nSPS) is 13.2. The van der Waals surface area contributed by atoms with Crippen LogP contribution in [0.1, 0.15) is 380 Å². The highest BCUT2D eigenvalue weighted by Crippen LogP contribution is 2.43. The molecule has 9 nitrogen and oxygen atoms in total. The molecule has 0 radical (unpaired) electrons. The Bertz CT molecular complexity index is 1590.